The first kappa shape index (κ1) is 19.6. The normalized spacial score (nSPS) is 12.7. The summed E-state index contributed by atoms with van der Waals surface area (Å²) in [4.78, 5) is 15.7. The van der Waals surface area contributed by atoms with Gasteiger partial charge in [0, 0.05) is 36.6 Å². The van der Waals surface area contributed by atoms with Gasteiger partial charge in [0.25, 0.3) is 0 Å². The van der Waals surface area contributed by atoms with Gasteiger partial charge in [-0.15, -0.1) is 0 Å². The molecule has 3 N–H and O–H groups in total. The first-order valence-electron chi connectivity index (χ1n) is 7.66. The van der Waals surface area contributed by atoms with Crippen LogP contribution >= 0.6 is 23.2 Å². The number of hydrogen-bond donors (Lipinski definition) is 3. The topological polar surface area (TPSA) is 65.5 Å². The van der Waals surface area contributed by atoms with Gasteiger partial charge in [0.2, 0.25) is 5.91 Å². The van der Waals surface area contributed by atoms with Crippen molar-refractivity contribution in [3.8, 4) is 0 Å². The number of carbonyl (C=O) groups is 1. The zero-order valence-corrected chi connectivity index (χ0v) is 15.3. The Labute approximate surface area is 147 Å². The zero-order valence-electron chi connectivity index (χ0n) is 13.7. The Balaban J connectivity index is 2.48. The third-order valence-corrected chi connectivity index (χ3v) is 3.78. The van der Waals surface area contributed by atoms with Crippen LogP contribution in [0.2, 0.25) is 10.0 Å². The highest BCUT2D eigenvalue weighted by molar-refractivity contribution is 6.35. The fourth-order valence-corrected chi connectivity index (χ4v) is 2.55. The molecule has 0 saturated heterocycles. The number of hydrogen-bond acceptors (Lipinski definition) is 2. The van der Waals surface area contributed by atoms with Crippen LogP contribution in [0.3, 0.4) is 0 Å². The molecule has 0 spiro atoms. The van der Waals surface area contributed by atoms with Crippen LogP contribution < -0.4 is 16.0 Å². The second kappa shape index (κ2) is 10.3. The summed E-state index contributed by atoms with van der Waals surface area (Å²) in [5, 5.41) is 10.4. The maximum atomic E-state index is 11.6. The number of nitrogens with one attached hydrogen (secondary N) is 3. The molecule has 128 valence electrons. The highest BCUT2D eigenvalue weighted by Gasteiger charge is 2.12. The molecule has 0 aliphatic carbocycles. The SMILES string of the molecule is CCCNC(=O)CCNC(=NC)NC(C)c1ccc(Cl)cc1Cl. The van der Waals surface area contributed by atoms with Crippen LogP contribution in [0.5, 0.6) is 0 Å². The van der Waals surface area contributed by atoms with Crippen LogP contribution in [0.25, 0.3) is 0 Å². The summed E-state index contributed by atoms with van der Waals surface area (Å²) in [6.07, 6.45) is 1.33. The Morgan fingerprint density at radius 3 is 2.61 bits per heavy atom. The van der Waals surface area contributed by atoms with Gasteiger partial charge in [0.05, 0.1) is 6.04 Å². The van der Waals surface area contributed by atoms with Gasteiger partial charge in [-0.2, -0.15) is 0 Å². The van der Waals surface area contributed by atoms with E-state index in [-0.39, 0.29) is 11.9 Å². The molecule has 0 bridgehead atoms. The Morgan fingerprint density at radius 1 is 1.26 bits per heavy atom. The molecule has 1 rings (SSSR count). The van der Waals surface area contributed by atoms with E-state index < -0.39 is 0 Å². The molecule has 1 amide bonds. The molecule has 0 aromatic heterocycles. The van der Waals surface area contributed by atoms with Crippen molar-refractivity contribution >= 4 is 35.1 Å². The number of benzene rings is 1. The van der Waals surface area contributed by atoms with Crippen molar-refractivity contribution in [3.63, 3.8) is 0 Å². The van der Waals surface area contributed by atoms with E-state index in [1.54, 1.807) is 19.2 Å². The number of amides is 1. The second-order valence-corrected chi connectivity index (χ2v) is 5.97. The average molecular weight is 359 g/mol. The van der Waals surface area contributed by atoms with Gasteiger partial charge in [-0.3, -0.25) is 9.79 Å². The van der Waals surface area contributed by atoms with Gasteiger partial charge >= 0.3 is 0 Å². The highest BCUT2D eigenvalue weighted by atomic mass is 35.5. The van der Waals surface area contributed by atoms with E-state index in [2.05, 4.69) is 20.9 Å². The van der Waals surface area contributed by atoms with Gasteiger partial charge < -0.3 is 16.0 Å². The summed E-state index contributed by atoms with van der Waals surface area (Å²) in [5.74, 6) is 0.649. The maximum absolute atomic E-state index is 11.6. The van der Waals surface area contributed by atoms with Gasteiger partial charge in [-0.05, 0) is 31.0 Å². The van der Waals surface area contributed by atoms with E-state index in [4.69, 9.17) is 23.2 Å². The van der Waals surface area contributed by atoms with Crippen molar-refractivity contribution in [2.24, 2.45) is 4.99 Å². The van der Waals surface area contributed by atoms with Crippen LogP contribution in [0, 0.1) is 0 Å². The van der Waals surface area contributed by atoms with E-state index in [9.17, 15) is 4.79 Å². The molecular formula is C16H24Cl2N4O. The Kier molecular flexibility index (Phi) is 8.81. The summed E-state index contributed by atoms with van der Waals surface area (Å²) in [7, 11) is 1.68. The summed E-state index contributed by atoms with van der Waals surface area (Å²) in [6, 6.07) is 5.35. The quantitative estimate of drug-likeness (QED) is 0.518. The average Bonchev–Trinajstić information content (AvgIpc) is 2.51. The molecule has 0 radical (unpaired) electrons. The van der Waals surface area contributed by atoms with Crippen LogP contribution in [-0.4, -0.2) is 32.0 Å². The first-order valence-corrected chi connectivity index (χ1v) is 8.42. The number of guanidine groups is 1. The standard InChI is InChI=1S/C16H24Cl2N4O/c1-4-8-20-15(23)7-9-21-16(19-3)22-11(2)13-6-5-12(17)10-14(13)18/h5-6,10-11H,4,7-9H2,1-3H3,(H,20,23)(H2,19,21,22). The van der Waals surface area contributed by atoms with E-state index in [0.29, 0.717) is 35.5 Å². The number of rotatable bonds is 7. The predicted molar refractivity (Wildman–Crippen MR) is 97.3 cm³/mol. The van der Waals surface area contributed by atoms with Gasteiger partial charge in [0.15, 0.2) is 5.96 Å². The lowest BCUT2D eigenvalue weighted by atomic mass is 10.1. The van der Waals surface area contributed by atoms with Crippen molar-refractivity contribution < 1.29 is 4.79 Å². The largest absolute Gasteiger partial charge is 0.356 e. The summed E-state index contributed by atoms with van der Waals surface area (Å²) >= 11 is 12.1. The first-order chi connectivity index (χ1) is 11.0. The molecule has 5 nitrogen and oxygen atoms in total. The highest BCUT2D eigenvalue weighted by Crippen LogP contribution is 2.25. The smallest absolute Gasteiger partial charge is 0.221 e. The molecule has 23 heavy (non-hydrogen) atoms. The lowest BCUT2D eigenvalue weighted by molar-refractivity contribution is -0.120. The van der Waals surface area contributed by atoms with Gasteiger partial charge in [-0.1, -0.05) is 36.2 Å². The minimum atomic E-state index is -0.0418. The molecular weight excluding hydrogens is 335 g/mol. The lowest BCUT2D eigenvalue weighted by Crippen LogP contribution is -2.40. The number of aliphatic imine (C=N–C) groups is 1. The molecule has 1 aromatic carbocycles. The van der Waals surface area contributed by atoms with E-state index in [1.807, 2.05) is 19.9 Å². The van der Waals surface area contributed by atoms with E-state index in [0.717, 1.165) is 12.0 Å². The van der Waals surface area contributed by atoms with E-state index >= 15 is 0 Å². The Morgan fingerprint density at radius 2 is 2.00 bits per heavy atom. The van der Waals surface area contributed by atoms with Crippen molar-refractivity contribution in [1.82, 2.24) is 16.0 Å². The molecule has 7 heteroatoms. The van der Waals surface area contributed by atoms with Crippen LogP contribution in [0.1, 0.15) is 38.3 Å². The molecule has 0 aliphatic heterocycles. The minimum absolute atomic E-state index is 0.0311. The zero-order chi connectivity index (χ0) is 17.2. The molecule has 1 unspecified atom stereocenters. The fraction of sp³-hybridized carbons (Fsp3) is 0.500. The maximum Gasteiger partial charge on any atom is 0.221 e. The number of nitrogens with zero attached hydrogens (tertiary/aromatic N) is 1. The lowest BCUT2D eigenvalue weighted by Gasteiger charge is -2.19. The van der Waals surface area contributed by atoms with E-state index in [1.165, 1.54) is 0 Å². The van der Waals surface area contributed by atoms with Gasteiger partial charge in [-0.25, -0.2) is 0 Å². The van der Waals surface area contributed by atoms with Crippen molar-refractivity contribution in [3.05, 3.63) is 33.8 Å². The molecule has 0 fully saturated rings. The van der Waals surface area contributed by atoms with Crippen LogP contribution in [-0.2, 0) is 4.79 Å². The van der Waals surface area contributed by atoms with Crippen molar-refractivity contribution in [1.29, 1.82) is 0 Å². The molecule has 0 heterocycles. The van der Waals surface area contributed by atoms with Crippen LogP contribution in [0.4, 0.5) is 0 Å². The molecule has 0 aliphatic rings. The third-order valence-electron chi connectivity index (χ3n) is 3.22. The Hall–Kier alpha value is -1.46. The number of carbonyl (C=O) groups excluding carboxylic acids is 1. The number of halogens is 2. The van der Waals surface area contributed by atoms with Gasteiger partial charge in [0.1, 0.15) is 0 Å². The third kappa shape index (κ3) is 7.10. The monoisotopic (exact) mass is 358 g/mol. The molecule has 0 saturated carbocycles. The fourth-order valence-electron chi connectivity index (χ4n) is 1.98. The van der Waals surface area contributed by atoms with Crippen LogP contribution in [0.15, 0.2) is 23.2 Å². The predicted octanol–water partition coefficient (Wildman–Crippen LogP) is 3.14. The minimum Gasteiger partial charge on any atom is -0.356 e. The summed E-state index contributed by atoms with van der Waals surface area (Å²) in [6.45, 7) is 5.22. The van der Waals surface area contributed by atoms with Crippen molar-refractivity contribution in [2.45, 2.75) is 32.7 Å². The Bertz CT molecular complexity index is 549. The summed E-state index contributed by atoms with van der Waals surface area (Å²) < 4.78 is 0. The van der Waals surface area contributed by atoms with Crippen molar-refractivity contribution in [2.75, 3.05) is 20.1 Å². The second-order valence-electron chi connectivity index (χ2n) is 5.13. The summed E-state index contributed by atoms with van der Waals surface area (Å²) in [5.41, 5.74) is 0.930. The molecule has 1 atom stereocenters. The molecule has 1 aromatic rings.